The Balaban J connectivity index is 1.84. The van der Waals surface area contributed by atoms with E-state index in [4.69, 9.17) is 15.9 Å². The molecule has 2 aromatic carbocycles. The van der Waals surface area contributed by atoms with Gasteiger partial charge < -0.3 is 14.8 Å². The maximum Gasteiger partial charge on any atom is 0.295 e. The van der Waals surface area contributed by atoms with Crippen LogP contribution in [0.2, 0.25) is 0 Å². The van der Waals surface area contributed by atoms with E-state index in [2.05, 4.69) is 11.2 Å². The monoisotopic (exact) mass is 377 g/mol. The number of para-hydroxylation sites is 1. The lowest BCUT2D eigenvalue weighted by Crippen LogP contribution is -2.21. The van der Waals surface area contributed by atoms with Crippen LogP contribution in [0.4, 0.5) is 5.69 Å². The van der Waals surface area contributed by atoms with Crippen LogP contribution in [0.1, 0.15) is 11.3 Å². The second-order valence-electron chi connectivity index (χ2n) is 6.27. The maximum absolute atomic E-state index is 12.9. The van der Waals surface area contributed by atoms with E-state index >= 15 is 0 Å². The highest BCUT2D eigenvalue weighted by Crippen LogP contribution is 2.28. The molecule has 6 heteroatoms. The molecule has 144 valence electrons. The predicted octanol–water partition coefficient (Wildman–Crippen LogP) is 3.12. The fourth-order valence-electron chi connectivity index (χ4n) is 3.02. The van der Waals surface area contributed by atoms with E-state index < -0.39 is 0 Å². The van der Waals surface area contributed by atoms with Crippen molar-refractivity contribution < 1.29 is 9.47 Å². The average Bonchev–Trinajstić information content (AvgIpc) is 2.94. The third kappa shape index (κ3) is 3.74. The van der Waals surface area contributed by atoms with Gasteiger partial charge in [0.15, 0.2) is 11.5 Å². The molecule has 0 aliphatic heterocycles. The van der Waals surface area contributed by atoms with Crippen LogP contribution in [-0.4, -0.2) is 23.1 Å². The molecule has 6 nitrogen and oxygen atoms in total. The first-order valence-electron chi connectivity index (χ1n) is 8.88. The SMILES string of the molecule is C#CCOc1ccc(CNc2c(C)n(C)n(-c3ccccc3)c2=O)cc1OC. The van der Waals surface area contributed by atoms with E-state index in [1.54, 1.807) is 11.8 Å². The minimum absolute atomic E-state index is 0.0906. The summed E-state index contributed by atoms with van der Waals surface area (Å²) in [7, 11) is 3.45. The summed E-state index contributed by atoms with van der Waals surface area (Å²) >= 11 is 0. The molecule has 0 fully saturated rings. The number of hydrogen-bond acceptors (Lipinski definition) is 4. The first-order valence-corrected chi connectivity index (χ1v) is 8.88. The minimum Gasteiger partial charge on any atom is -0.493 e. The summed E-state index contributed by atoms with van der Waals surface area (Å²) in [6.45, 7) is 2.57. The molecule has 0 amide bonds. The highest BCUT2D eigenvalue weighted by atomic mass is 16.5. The number of nitrogens with one attached hydrogen (secondary N) is 1. The minimum atomic E-state index is -0.0906. The van der Waals surface area contributed by atoms with Crippen molar-refractivity contribution >= 4 is 5.69 Å². The molecule has 1 heterocycles. The maximum atomic E-state index is 12.9. The Kier molecular flexibility index (Phi) is 5.75. The van der Waals surface area contributed by atoms with Gasteiger partial charge in [-0.2, -0.15) is 0 Å². The Hall–Kier alpha value is -3.59. The van der Waals surface area contributed by atoms with Crippen molar-refractivity contribution in [3.8, 4) is 29.5 Å². The van der Waals surface area contributed by atoms with Crippen LogP contribution in [0.15, 0.2) is 53.3 Å². The van der Waals surface area contributed by atoms with E-state index in [9.17, 15) is 4.79 Å². The molecule has 0 bridgehead atoms. The first kappa shape index (κ1) is 19.2. The summed E-state index contributed by atoms with van der Waals surface area (Å²) in [4.78, 5) is 12.9. The molecular weight excluding hydrogens is 354 g/mol. The molecule has 0 spiro atoms. The normalized spacial score (nSPS) is 10.4. The molecule has 28 heavy (non-hydrogen) atoms. The number of ether oxygens (including phenoxy) is 2. The number of rotatable bonds is 7. The number of nitrogens with zero attached hydrogens (tertiary/aromatic N) is 2. The van der Waals surface area contributed by atoms with Crippen LogP contribution in [0, 0.1) is 19.3 Å². The summed E-state index contributed by atoms with van der Waals surface area (Å²) in [5.74, 6) is 3.62. The van der Waals surface area contributed by atoms with Gasteiger partial charge in [0.05, 0.1) is 18.5 Å². The zero-order chi connectivity index (χ0) is 20.1. The van der Waals surface area contributed by atoms with E-state index in [-0.39, 0.29) is 12.2 Å². The lowest BCUT2D eigenvalue weighted by atomic mass is 10.2. The molecule has 3 rings (SSSR count). The van der Waals surface area contributed by atoms with Crippen molar-refractivity contribution in [1.82, 2.24) is 9.36 Å². The van der Waals surface area contributed by atoms with Gasteiger partial charge in [-0.05, 0) is 36.8 Å². The van der Waals surface area contributed by atoms with E-state index in [1.165, 1.54) is 0 Å². The molecule has 1 N–H and O–H groups in total. The number of aromatic nitrogens is 2. The highest BCUT2D eigenvalue weighted by Gasteiger charge is 2.16. The predicted molar refractivity (Wildman–Crippen MR) is 110 cm³/mol. The Morgan fingerprint density at radius 2 is 1.89 bits per heavy atom. The van der Waals surface area contributed by atoms with Gasteiger partial charge in [-0.3, -0.25) is 9.48 Å². The lowest BCUT2D eigenvalue weighted by molar-refractivity contribution is 0.330. The summed E-state index contributed by atoms with van der Waals surface area (Å²) < 4.78 is 14.3. The molecule has 3 aromatic rings. The molecule has 0 aliphatic carbocycles. The fourth-order valence-corrected chi connectivity index (χ4v) is 3.02. The molecule has 0 atom stereocenters. The second kappa shape index (κ2) is 8.40. The number of methoxy groups -OCH3 is 1. The van der Waals surface area contributed by atoms with Gasteiger partial charge in [0.25, 0.3) is 5.56 Å². The van der Waals surface area contributed by atoms with E-state index in [1.807, 2.05) is 67.2 Å². The summed E-state index contributed by atoms with van der Waals surface area (Å²) in [5, 5.41) is 3.26. The lowest BCUT2D eigenvalue weighted by Gasteiger charge is -2.11. The van der Waals surface area contributed by atoms with Crippen LogP contribution >= 0.6 is 0 Å². The van der Waals surface area contributed by atoms with Gasteiger partial charge in [0.2, 0.25) is 0 Å². The van der Waals surface area contributed by atoms with Crippen molar-refractivity contribution in [3.05, 3.63) is 70.1 Å². The molecule has 1 aromatic heterocycles. The Morgan fingerprint density at radius 1 is 1.14 bits per heavy atom. The fraction of sp³-hybridized carbons (Fsp3) is 0.227. The quantitative estimate of drug-likeness (QED) is 0.643. The number of hydrogen-bond donors (Lipinski definition) is 1. The zero-order valence-electron chi connectivity index (χ0n) is 16.2. The molecule has 0 aliphatic rings. The van der Waals surface area contributed by atoms with Gasteiger partial charge in [-0.1, -0.05) is 30.2 Å². The molecule has 0 unspecified atom stereocenters. The van der Waals surface area contributed by atoms with Gasteiger partial charge in [0, 0.05) is 13.6 Å². The van der Waals surface area contributed by atoms with Crippen molar-refractivity contribution in [2.75, 3.05) is 19.0 Å². The van der Waals surface area contributed by atoms with Crippen molar-refractivity contribution in [1.29, 1.82) is 0 Å². The van der Waals surface area contributed by atoms with Crippen LogP contribution in [0.5, 0.6) is 11.5 Å². The Bertz CT molecular complexity index is 1060. The number of terminal acetylenes is 1. The van der Waals surface area contributed by atoms with Crippen molar-refractivity contribution in [2.24, 2.45) is 7.05 Å². The number of benzene rings is 2. The molecular formula is C22H23N3O3. The van der Waals surface area contributed by atoms with Crippen LogP contribution in [-0.2, 0) is 13.6 Å². The topological polar surface area (TPSA) is 57.4 Å². The molecule has 0 radical (unpaired) electrons. The Morgan fingerprint density at radius 3 is 2.57 bits per heavy atom. The van der Waals surface area contributed by atoms with Crippen molar-refractivity contribution in [2.45, 2.75) is 13.5 Å². The zero-order valence-corrected chi connectivity index (χ0v) is 16.2. The van der Waals surface area contributed by atoms with Crippen LogP contribution in [0.3, 0.4) is 0 Å². The van der Waals surface area contributed by atoms with Gasteiger partial charge in [0.1, 0.15) is 12.3 Å². The van der Waals surface area contributed by atoms with Gasteiger partial charge in [-0.15, -0.1) is 6.42 Å². The first-order chi connectivity index (χ1) is 13.6. The average molecular weight is 377 g/mol. The van der Waals surface area contributed by atoms with Crippen molar-refractivity contribution in [3.63, 3.8) is 0 Å². The van der Waals surface area contributed by atoms with Gasteiger partial charge >= 0.3 is 0 Å². The van der Waals surface area contributed by atoms with E-state index in [0.717, 1.165) is 16.9 Å². The van der Waals surface area contributed by atoms with E-state index in [0.29, 0.717) is 23.7 Å². The molecule has 0 saturated heterocycles. The summed E-state index contributed by atoms with van der Waals surface area (Å²) in [6, 6.07) is 15.2. The van der Waals surface area contributed by atoms with Crippen LogP contribution < -0.4 is 20.3 Å². The van der Waals surface area contributed by atoms with Gasteiger partial charge in [-0.25, -0.2) is 4.68 Å². The third-order valence-electron chi connectivity index (χ3n) is 4.56. The number of anilines is 1. The molecule has 0 saturated carbocycles. The van der Waals surface area contributed by atoms with Crippen LogP contribution in [0.25, 0.3) is 5.69 Å². The third-order valence-corrected chi connectivity index (χ3v) is 4.56. The second-order valence-corrected chi connectivity index (χ2v) is 6.27. The smallest absolute Gasteiger partial charge is 0.295 e. The largest absolute Gasteiger partial charge is 0.493 e. The summed E-state index contributed by atoms with van der Waals surface area (Å²) in [5.41, 5.74) is 3.11. The summed E-state index contributed by atoms with van der Waals surface area (Å²) in [6.07, 6.45) is 5.24. The highest BCUT2D eigenvalue weighted by molar-refractivity contribution is 5.50. The Labute approximate surface area is 164 Å². The standard InChI is InChI=1S/C22H23N3O3/c1-5-13-28-19-12-11-17(14-20(19)27-4)15-23-21-16(2)24(3)25(22(21)26)18-9-7-6-8-10-18/h1,6-12,14,23H,13,15H2,2-4H3.